The summed E-state index contributed by atoms with van der Waals surface area (Å²) in [5, 5.41) is 6.60. The minimum atomic E-state index is 0.742. The van der Waals surface area contributed by atoms with Crippen LogP contribution in [0.5, 0.6) is 0 Å². The van der Waals surface area contributed by atoms with Gasteiger partial charge in [0.25, 0.3) is 0 Å². The molecule has 0 bridgehead atoms. The maximum Gasteiger partial charge on any atom is 0.191 e. The number of hydrogen-bond acceptors (Lipinski definition) is 4. The molecule has 0 amide bonds. The number of anilines is 1. The van der Waals surface area contributed by atoms with Crippen molar-refractivity contribution in [2.45, 2.75) is 19.4 Å². The highest BCUT2D eigenvalue weighted by Gasteiger charge is 2.12. The van der Waals surface area contributed by atoms with Crippen LogP contribution in [-0.4, -0.2) is 49.6 Å². The standard InChI is InChI=1S/C15H25N5S/c1-16-15(17-7-10-21-2)19-12-13-5-6-14(18-11-13)20-8-3-4-9-20/h5-6,11H,3-4,7-10,12H2,1-2H3,(H2,16,17,19). The molecule has 1 aromatic heterocycles. The lowest BCUT2D eigenvalue weighted by Gasteiger charge is -2.16. The summed E-state index contributed by atoms with van der Waals surface area (Å²) in [6.45, 7) is 3.94. The number of nitrogens with zero attached hydrogens (tertiary/aromatic N) is 3. The predicted molar refractivity (Wildman–Crippen MR) is 92.3 cm³/mol. The number of nitrogens with one attached hydrogen (secondary N) is 2. The minimum absolute atomic E-state index is 0.742. The highest BCUT2D eigenvalue weighted by atomic mass is 32.2. The van der Waals surface area contributed by atoms with Gasteiger partial charge < -0.3 is 15.5 Å². The fraction of sp³-hybridized carbons (Fsp3) is 0.600. The molecule has 6 heteroatoms. The average Bonchev–Trinajstić information content (AvgIpc) is 3.06. The number of guanidine groups is 1. The van der Waals surface area contributed by atoms with Crippen LogP contribution >= 0.6 is 11.8 Å². The van der Waals surface area contributed by atoms with Gasteiger partial charge in [-0.3, -0.25) is 4.99 Å². The highest BCUT2D eigenvalue weighted by Crippen LogP contribution is 2.17. The van der Waals surface area contributed by atoms with E-state index in [9.17, 15) is 0 Å². The molecule has 0 aliphatic carbocycles. The Morgan fingerprint density at radius 3 is 2.76 bits per heavy atom. The molecule has 2 heterocycles. The van der Waals surface area contributed by atoms with Crippen molar-refractivity contribution in [3.63, 3.8) is 0 Å². The van der Waals surface area contributed by atoms with Crippen LogP contribution in [0.15, 0.2) is 23.3 Å². The Bertz CT molecular complexity index is 440. The monoisotopic (exact) mass is 307 g/mol. The van der Waals surface area contributed by atoms with Crippen LogP contribution in [0, 0.1) is 0 Å². The van der Waals surface area contributed by atoms with Crippen LogP contribution in [0.4, 0.5) is 5.82 Å². The van der Waals surface area contributed by atoms with E-state index in [2.05, 4.69) is 43.9 Å². The zero-order valence-corrected chi connectivity index (χ0v) is 13.7. The molecule has 1 aliphatic heterocycles. The van der Waals surface area contributed by atoms with E-state index in [1.54, 1.807) is 7.05 Å². The summed E-state index contributed by atoms with van der Waals surface area (Å²) in [5.41, 5.74) is 1.17. The molecule has 21 heavy (non-hydrogen) atoms. The van der Waals surface area contributed by atoms with Crippen LogP contribution in [0.1, 0.15) is 18.4 Å². The Hall–Kier alpha value is -1.43. The number of thioether (sulfide) groups is 1. The first-order chi connectivity index (χ1) is 10.3. The number of aliphatic imine (C=N–C) groups is 1. The normalized spacial score (nSPS) is 15.3. The van der Waals surface area contributed by atoms with Gasteiger partial charge in [0.1, 0.15) is 5.82 Å². The Morgan fingerprint density at radius 2 is 2.14 bits per heavy atom. The van der Waals surface area contributed by atoms with Crippen molar-refractivity contribution in [2.24, 2.45) is 4.99 Å². The highest BCUT2D eigenvalue weighted by molar-refractivity contribution is 7.98. The van der Waals surface area contributed by atoms with Gasteiger partial charge in [-0.05, 0) is 30.7 Å². The molecule has 0 aromatic carbocycles. The van der Waals surface area contributed by atoms with Gasteiger partial charge in [0.2, 0.25) is 0 Å². The van der Waals surface area contributed by atoms with Gasteiger partial charge in [-0.2, -0.15) is 11.8 Å². The Labute approximate surface area is 131 Å². The summed E-state index contributed by atoms with van der Waals surface area (Å²) in [4.78, 5) is 11.1. The SMILES string of the molecule is CN=C(NCCSC)NCc1ccc(N2CCCC2)nc1. The Kier molecular flexibility index (Phi) is 6.66. The second kappa shape index (κ2) is 8.77. The third kappa shape index (κ3) is 5.12. The molecule has 0 unspecified atom stereocenters. The molecule has 5 nitrogen and oxygen atoms in total. The van der Waals surface area contributed by atoms with E-state index in [1.165, 1.54) is 18.4 Å². The third-order valence-electron chi connectivity index (χ3n) is 3.52. The van der Waals surface area contributed by atoms with Gasteiger partial charge in [0.05, 0.1) is 0 Å². The maximum atomic E-state index is 4.56. The number of pyridine rings is 1. The number of rotatable bonds is 6. The van der Waals surface area contributed by atoms with Gasteiger partial charge in [-0.25, -0.2) is 4.98 Å². The van der Waals surface area contributed by atoms with Crippen LogP contribution in [0.2, 0.25) is 0 Å². The van der Waals surface area contributed by atoms with Gasteiger partial charge in [-0.1, -0.05) is 6.07 Å². The molecular formula is C15H25N5S. The molecule has 0 spiro atoms. The quantitative estimate of drug-likeness (QED) is 0.476. The zero-order valence-electron chi connectivity index (χ0n) is 12.9. The lowest BCUT2D eigenvalue weighted by molar-refractivity contribution is 0.827. The summed E-state index contributed by atoms with van der Waals surface area (Å²) in [5.74, 6) is 3.01. The topological polar surface area (TPSA) is 52.6 Å². The lowest BCUT2D eigenvalue weighted by Crippen LogP contribution is -2.37. The van der Waals surface area contributed by atoms with Crippen molar-refractivity contribution < 1.29 is 0 Å². The van der Waals surface area contributed by atoms with E-state index < -0.39 is 0 Å². The second-order valence-electron chi connectivity index (χ2n) is 5.06. The summed E-state index contributed by atoms with van der Waals surface area (Å²) in [6.07, 6.45) is 6.62. The number of aromatic nitrogens is 1. The van der Waals surface area contributed by atoms with E-state index in [4.69, 9.17) is 0 Å². The van der Waals surface area contributed by atoms with E-state index >= 15 is 0 Å². The van der Waals surface area contributed by atoms with E-state index in [1.807, 2.05) is 18.0 Å². The zero-order chi connectivity index (χ0) is 14.9. The van der Waals surface area contributed by atoms with Crippen LogP contribution in [0.3, 0.4) is 0 Å². The number of hydrogen-bond donors (Lipinski definition) is 2. The molecule has 1 fully saturated rings. The molecule has 0 saturated carbocycles. The molecule has 1 saturated heterocycles. The largest absolute Gasteiger partial charge is 0.357 e. The molecule has 2 N–H and O–H groups in total. The third-order valence-corrected chi connectivity index (χ3v) is 4.13. The van der Waals surface area contributed by atoms with E-state index in [0.717, 1.165) is 43.7 Å². The summed E-state index contributed by atoms with van der Waals surface area (Å²) in [7, 11) is 1.79. The predicted octanol–water partition coefficient (Wildman–Crippen LogP) is 1.71. The molecule has 1 aliphatic rings. The van der Waals surface area contributed by atoms with Crippen molar-refractivity contribution >= 4 is 23.5 Å². The smallest absolute Gasteiger partial charge is 0.191 e. The lowest BCUT2D eigenvalue weighted by atomic mass is 10.3. The van der Waals surface area contributed by atoms with Crippen molar-refractivity contribution in [1.29, 1.82) is 0 Å². The first-order valence-corrected chi connectivity index (χ1v) is 8.86. The van der Waals surface area contributed by atoms with Gasteiger partial charge >= 0.3 is 0 Å². The van der Waals surface area contributed by atoms with Crippen molar-refractivity contribution in [2.75, 3.05) is 43.6 Å². The molecule has 1 aromatic rings. The van der Waals surface area contributed by atoms with Gasteiger partial charge in [0, 0.05) is 45.2 Å². The second-order valence-corrected chi connectivity index (χ2v) is 6.05. The maximum absolute atomic E-state index is 4.56. The van der Waals surface area contributed by atoms with Gasteiger partial charge in [0.15, 0.2) is 5.96 Å². The van der Waals surface area contributed by atoms with Crippen molar-refractivity contribution in [3.8, 4) is 0 Å². The first-order valence-electron chi connectivity index (χ1n) is 7.47. The fourth-order valence-corrected chi connectivity index (χ4v) is 2.64. The first kappa shape index (κ1) is 15.9. The molecule has 0 atom stereocenters. The molecule has 0 radical (unpaired) electrons. The van der Waals surface area contributed by atoms with Crippen LogP contribution < -0.4 is 15.5 Å². The van der Waals surface area contributed by atoms with Crippen molar-refractivity contribution in [3.05, 3.63) is 23.9 Å². The van der Waals surface area contributed by atoms with E-state index in [0.29, 0.717) is 0 Å². The summed E-state index contributed by atoms with van der Waals surface area (Å²) in [6, 6.07) is 4.26. The van der Waals surface area contributed by atoms with E-state index in [-0.39, 0.29) is 0 Å². The van der Waals surface area contributed by atoms with Crippen molar-refractivity contribution in [1.82, 2.24) is 15.6 Å². The van der Waals surface area contributed by atoms with Crippen LogP contribution in [0.25, 0.3) is 0 Å². The van der Waals surface area contributed by atoms with Crippen LogP contribution in [-0.2, 0) is 6.54 Å². The average molecular weight is 307 g/mol. The Balaban J connectivity index is 1.79. The summed E-state index contributed by atoms with van der Waals surface area (Å²) < 4.78 is 0. The summed E-state index contributed by atoms with van der Waals surface area (Å²) >= 11 is 1.82. The fourth-order valence-electron chi connectivity index (χ4n) is 2.33. The minimum Gasteiger partial charge on any atom is -0.357 e. The Morgan fingerprint density at radius 1 is 1.33 bits per heavy atom. The molecule has 2 rings (SSSR count). The molecule has 116 valence electrons. The van der Waals surface area contributed by atoms with Gasteiger partial charge in [-0.15, -0.1) is 0 Å². The molecular weight excluding hydrogens is 282 g/mol.